The molecule has 0 saturated carbocycles. The summed E-state index contributed by atoms with van der Waals surface area (Å²) in [5, 5.41) is 0.246. The molecule has 0 saturated heterocycles. The number of carbonyl (C=O) groups excluding carboxylic acids is 1. The maximum Gasteiger partial charge on any atom is 0.331 e. The van der Waals surface area contributed by atoms with Crippen LogP contribution >= 0.6 is 22.7 Å². The minimum Gasteiger partial charge on any atom is -0.298 e. The zero-order valence-corrected chi connectivity index (χ0v) is 17.8. The maximum absolute atomic E-state index is 12.8. The van der Waals surface area contributed by atoms with Crippen LogP contribution in [-0.4, -0.2) is 20.0 Å². The summed E-state index contributed by atoms with van der Waals surface area (Å²) in [6.45, 7) is 4.57. The highest BCUT2D eigenvalue weighted by molar-refractivity contribution is 7.19. The highest BCUT2D eigenvalue weighted by Crippen LogP contribution is 2.29. The molecule has 0 N–H and O–H groups in total. The molecule has 150 valence electrons. The third-order valence-electron chi connectivity index (χ3n) is 4.83. The van der Waals surface area contributed by atoms with Gasteiger partial charge in [0.1, 0.15) is 4.83 Å². The first-order valence-electron chi connectivity index (χ1n) is 9.12. The van der Waals surface area contributed by atoms with Gasteiger partial charge in [-0.3, -0.25) is 28.1 Å². The largest absolute Gasteiger partial charge is 0.331 e. The van der Waals surface area contributed by atoms with Crippen molar-refractivity contribution >= 4 is 49.4 Å². The lowest BCUT2D eigenvalue weighted by Gasteiger charge is -2.11. The summed E-state index contributed by atoms with van der Waals surface area (Å²) < 4.78 is 5.06. The van der Waals surface area contributed by atoms with Gasteiger partial charge in [-0.25, -0.2) is 4.79 Å². The van der Waals surface area contributed by atoms with Gasteiger partial charge in [0.05, 0.1) is 22.1 Å². The normalized spacial score (nSPS) is 11.7. The minimum atomic E-state index is -0.489. The van der Waals surface area contributed by atoms with Crippen LogP contribution in [0.2, 0.25) is 0 Å². The number of thiophene rings is 1. The first-order valence-corrected chi connectivity index (χ1v) is 10.8. The average molecular weight is 430 g/mol. The Morgan fingerprint density at radius 3 is 2.48 bits per heavy atom. The number of thiazole rings is 1. The Morgan fingerprint density at radius 2 is 1.79 bits per heavy atom. The van der Waals surface area contributed by atoms with Crippen LogP contribution in [0.15, 0.2) is 38.6 Å². The van der Waals surface area contributed by atoms with Crippen LogP contribution < -0.4 is 16.1 Å². The lowest BCUT2D eigenvalue weighted by atomic mass is 10.2. The zero-order valence-electron chi connectivity index (χ0n) is 16.2. The van der Waals surface area contributed by atoms with Crippen molar-refractivity contribution in [2.24, 2.45) is 13.0 Å². The fourth-order valence-corrected chi connectivity index (χ4v) is 5.61. The van der Waals surface area contributed by atoms with E-state index in [-0.39, 0.29) is 28.3 Å². The van der Waals surface area contributed by atoms with Crippen molar-refractivity contribution in [2.75, 3.05) is 0 Å². The molecule has 0 amide bonds. The van der Waals surface area contributed by atoms with Gasteiger partial charge in [0.15, 0.2) is 6.29 Å². The Bertz CT molecular complexity index is 1430. The molecule has 7 nitrogen and oxygen atoms in total. The third-order valence-corrected chi connectivity index (χ3v) is 7.00. The van der Waals surface area contributed by atoms with E-state index in [1.165, 1.54) is 18.4 Å². The first kappa shape index (κ1) is 19.5. The van der Waals surface area contributed by atoms with Crippen molar-refractivity contribution in [3.8, 4) is 0 Å². The average Bonchev–Trinajstić information content (AvgIpc) is 3.21. The summed E-state index contributed by atoms with van der Waals surface area (Å²) in [5.74, 6) is 0.182. The predicted octanol–water partition coefficient (Wildman–Crippen LogP) is 2.65. The fourth-order valence-electron chi connectivity index (χ4n) is 3.47. The predicted molar refractivity (Wildman–Crippen MR) is 117 cm³/mol. The maximum atomic E-state index is 12.8. The molecule has 0 fully saturated rings. The molecule has 0 bridgehead atoms. The zero-order chi connectivity index (χ0) is 20.9. The van der Waals surface area contributed by atoms with Gasteiger partial charge in [0.25, 0.3) is 5.56 Å². The molecule has 4 aromatic rings. The number of benzene rings is 1. The number of fused-ring (bicyclic) bond motifs is 2. The molecular weight excluding hydrogens is 410 g/mol. The van der Waals surface area contributed by atoms with Gasteiger partial charge in [0.2, 0.25) is 0 Å². The summed E-state index contributed by atoms with van der Waals surface area (Å²) in [7, 11) is 1.42. The molecule has 0 radical (unpaired) electrons. The van der Waals surface area contributed by atoms with Crippen LogP contribution in [0.25, 0.3) is 20.4 Å². The number of hydrogen-bond donors (Lipinski definition) is 0. The van der Waals surface area contributed by atoms with Crippen LogP contribution in [0.4, 0.5) is 0 Å². The second-order valence-electron chi connectivity index (χ2n) is 7.31. The quantitative estimate of drug-likeness (QED) is 0.457. The van der Waals surface area contributed by atoms with Crippen LogP contribution in [0, 0.1) is 5.92 Å². The molecule has 0 aliphatic rings. The first-order chi connectivity index (χ1) is 13.8. The summed E-state index contributed by atoms with van der Waals surface area (Å²) >= 11 is 2.37. The van der Waals surface area contributed by atoms with Gasteiger partial charge in [-0.1, -0.05) is 37.3 Å². The highest BCUT2D eigenvalue weighted by Gasteiger charge is 2.22. The Balaban J connectivity index is 2.01. The summed E-state index contributed by atoms with van der Waals surface area (Å²) in [5.41, 5.74) is 0.145. The van der Waals surface area contributed by atoms with Crippen molar-refractivity contribution in [1.29, 1.82) is 0 Å². The Morgan fingerprint density at radius 1 is 1.07 bits per heavy atom. The van der Waals surface area contributed by atoms with E-state index in [1.54, 1.807) is 9.13 Å². The van der Waals surface area contributed by atoms with Gasteiger partial charge in [0, 0.05) is 24.0 Å². The Hall–Kier alpha value is -2.78. The Labute approximate surface area is 173 Å². The molecule has 0 unspecified atom stereocenters. The lowest BCUT2D eigenvalue weighted by molar-refractivity contribution is 0.112. The lowest BCUT2D eigenvalue weighted by Crippen LogP contribution is -2.38. The van der Waals surface area contributed by atoms with Gasteiger partial charge in [-0.05, 0) is 18.1 Å². The van der Waals surface area contributed by atoms with E-state index < -0.39 is 11.2 Å². The summed E-state index contributed by atoms with van der Waals surface area (Å²) in [6, 6.07) is 7.45. The van der Waals surface area contributed by atoms with Crippen LogP contribution in [0.5, 0.6) is 0 Å². The highest BCUT2D eigenvalue weighted by atomic mass is 32.1. The molecule has 0 aliphatic carbocycles. The monoisotopic (exact) mass is 429 g/mol. The van der Waals surface area contributed by atoms with E-state index in [0.29, 0.717) is 22.5 Å². The molecule has 1 aromatic carbocycles. The van der Waals surface area contributed by atoms with E-state index in [4.69, 9.17) is 0 Å². The fraction of sp³-hybridized carbons (Fsp3) is 0.300. The molecule has 3 aromatic heterocycles. The SMILES string of the molecule is CC(C)Cn1c(=O)n(C)c(=O)c2c(C=O)c(Cn3c(=O)sc4ccccc43)sc21. The van der Waals surface area contributed by atoms with E-state index in [0.717, 1.165) is 26.1 Å². The number of aldehydes is 1. The second-order valence-corrected chi connectivity index (χ2v) is 9.39. The van der Waals surface area contributed by atoms with Crippen LogP contribution in [0.3, 0.4) is 0 Å². The van der Waals surface area contributed by atoms with Crippen LogP contribution in [0.1, 0.15) is 29.1 Å². The van der Waals surface area contributed by atoms with Gasteiger partial charge in [-0.2, -0.15) is 0 Å². The molecule has 0 spiro atoms. The standard InChI is InChI=1S/C20H19N3O4S2/c1-11(2)8-23-18-16(17(25)21(3)19(23)26)12(10-24)15(28-18)9-22-13-6-4-5-7-14(13)29-20(22)27/h4-7,10-11H,8-9H2,1-3H3. The van der Waals surface area contributed by atoms with Gasteiger partial charge >= 0.3 is 10.6 Å². The Kier molecular flexibility index (Phi) is 4.87. The van der Waals surface area contributed by atoms with Crippen molar-refractivity contribution in [3.05, 3.63) is 65.2 Å². The number of rotatable bonds is 5. The third kappa shape index (κ3) is 3.10. The smallest absolute Gasteiger partial charge is 0.298 e. The molecule has 29 heavy (non-hydrogen) atoms. The number of carbonyl (C=O) groups is 1. The van der Waals surface area contributed by atoms with Crippen molar-refractivity contribution < 1.29 is 4.79 Å². The van der Waals surface area contributed by atoms with Crippen molar-refractivity contribution in [1.82, 2.24) is 13.7 Å². The minimum absolute atomic E-state index is 0.132. The van der Waals surface area contributed by atoms with Gasteiger partial charge in [-0.15, -0.1) is 11.3 Å². The van der Waals surface area contributed by atoms with Crippen LogP contribution in [-0.2, 0) is 20.1 Å². The molecule has 9 heteroatoms. The van der Waals surface area contributed by atoms with Crippen molar-refractivity contribution in [2.45, 2.75) is 26.9 Å². The number of para-hydroxylation sites is 1. The number of aromatic nitrogens is 3. The van der Waals surface area contributed by atoms with E-state index in [2.05, 4.69) is 0 Å². The molecule has 0 atom stereocenters. The topological polar surface area (TPSA) is 83.1 Å². The van der Waals surface area contributed by atoms with E-state index in [9.17, 15) is 19.2 Å². The molecule has 4 rings (SSSR count). The molecule has 0 aliphatic heterocycles. The second kappa shape index (κ2) is 7.23. The van der Waals surface area contributed by atoms with Gasteiger partial charge < -0.3 is 0 Å². The van der Waals surface area contributed by atoms with Crippen molar-refractivity contribution in [3.63, 3.8) is 0 Å². The van der Waals surface area contributed by atoms with E-state index in [1.807, 2.05) is 38.1 Å². The van der Waals surface area contributed by atoms with E-state index >= 15 is 0 Å². The summed E-state index contributed by atoms with van der Waals surface area (Å²) in [6.07, 6.45) is 0.652. The molecular formula is C20H19N3O4S2. The summed E-state index contributed by atoms with van der Waals surface area (Å²) in [4.78, 5) is 50.9. The molecule has 3 heterocycles. The number of nitrogens with zero attached hydrogens (tertiary/aromatic N) is 3. The number of hydrogen-bond acceptors (Lipinski definition) is 6.